The van der Waals surface area contributed by atoms with Gasteiger partial charge in [0, 0.05) is 23.0 Å². The van der Waals surface area contributed by atoms with Crippen LogP contribution in [0.25, 0.3) is 0 Å². The van der Waals surface area contributed by atoms with E-state index in [1.807, 2.05) is 48.1 Å². The van der Waals surface area contributed by atoms with Crippen LogP contribution in [0.1, 0.15) is 17.6 Å². The van der Waals surface area contributed by atoms with E-state index in [2.05, 4.69) is 32.9 Å². The highest BCUT2D eigenvalue weighted by Gasteiger charge is 2.21. The van der Waals surface area contributed by atoms with Crippen molar-refractivity contribution in [2.24, 2.45) is 7.05 Å². The van der Waals surface area contributed by atoms with Gasteiger partial charge in [-0.25, -0.2) is 4.98 Å². The first-order chi connectivity index (χ1) is 10.1. The van der Waals surface area contributed by atoms with Crippen molar-refractivity contribution in [1.82, 2.24) is 9.55 Å². The van der Waals surface area contributed by atoms with Crippen molar-refractivity contribution in [2.45, 2.75) is 6.04 Å². The zero-order chi connectivity index (χ0) is 14.8. The second-order valence-corrected chi connectivity index (χ2v) is 6.27. The lowest BCUT2D eigenvalue weighted by atomic mass is 10.2. The SMILES string of the molecule is Cn1ccnc1C(Nc1ccc(I)cc1Cl)c1ccco1. The highest BCUT2D eigenvalue weighted by molar-refractivity contribution is 14.1. The molecule has 1 atom stereocenters. The maximum atomic E-state index is 6.31. The molecule has 0 amide bonds. The normalized spacial score (nSPS) is 12.3. The maximum absolute atomic E-state index is 6.31. The monoisotopic (exact) mass is 413 g/mol. The van der Waals surface area contributed by atoms with Gasteiger partial charge in [0.25, 0.3) is 0 Å². The van der Waals surface area contributed by atoms with Gasteiger partial charge in [-0.05, 0) is 52.9 Å². The largest absolute Gasteiger partial charge is 0.467 e. The molecular formula is C15H13ClIN3O. The summed E-state index contributed by atoms with van der Waals surface area (Å²) in [5.41, 5.74) is 0.849. The van der Waals surface area contributed by atoms with Crippen molar-refractivity contribution in [2.75, 3.05) is 5.32 Å². The van der Waals surface area contributed by atoms with Gasteiger partial charge in [0.15, 0.2) is 0 Å². The smallest absolute Gasteiger partial charge is 0.143 e. The van der Waals surface area contributed by atoms with E-state index in [-0.39, 0.29) is 6.04 Å². The number of rotatable bonds is 4. The predicted molar refractivity (Wildman–Crippen MR) is 91.6 cm³/mol. The van der Waals surface area contributed by atoms with Crippen LogP contribution < -0.4 is 5.32 Å². The van der Waals surface area contributed by atoms with E-state index < -0.39 is 0 Å². The fourth-order valence-electron chi connectivity index (χ4n) is 2.14. The molecule has 1 aromatic carbocycles. The third-order valence-electron chi connectivity index (χ3n) is 3.18. The summed E-state index contributed by atoms with van der Waals surface area (Å²) >= 11 is 8.55. The van der Waals surface area contributed by atoms with Crippen LogP contribution >= 0.6 is 34.2 Å². The first kappa shape index (κ1) is 14.5. The summed E-state index contributed by atoms with van der Waals surface area (Å²) < 4.78 is 8.60. The predicted octanol–water partition coefficient (Wildman–Crippen LogP) is 4.47. The Balaban J connectivity index is 1.99. The van der Waals surface area contributed by atoms with Crippen molar-refractivity contribution < 1.29 is 4.42 Å². The molecule has 0 aliphatic heterocycles. The van der Waals surface area contributed by atoms with Crippen molar-refractivity contribution >= 4 is 39.9 Å². The minimum atomic E-state index is -0.197. The number of furan rings is 1. The van der Waals surface area contributed by atoms with Gasteiger partial charge in [-0.1, -0.05) is 11.6 Å². The molecule has 0 fully saturated rings. The van der Waals surface area contributed by atoms with Gasteiger partial charge >= 0.3 is 0 Å². The molecule has 2 aromatic heterocycles. The lowest BCUT2D eigenvalue weighted by Gasteiger charge is -2.18. The summed E-state index contributed by atoms with van der Waals surface area (Å²) in [4.78, 5) is 4.41. The number of aryl methyl sites for hydroxylation is 1. The van der Waals surface area contributed by atoms with E-state index in [1.54, 1.807) is 12.5 Å². The van der Waals surface area contributed by atoms with E-state index in [4.69, 9.17) is 16.0 Å². The summed E-state index contributed by atoms with van der Waals surface area (Å²) in [5, 5.41) is 4.08. The molecule has 1 N–H and O–H groups in total. The maximum Gasteiger partial charge on any atom is 0.143 e. The molecule has 0 radical (unpaired) electrons. The number of anilines is 1. The Bertz CT molecular complexity index is 739. The zero-order valence-corrected chi connectivity index (χ0v) is 14.2. The lowest BCUT2D eigenvalue weighted by Crippen LogP contribution is -2.16. The van der Waals surface area contributed by atoms with Crippen LogP contribution in [-0.4, -0.2) is 9.55 Å². The molecule has 0 saturated heterocycles. The quantitative estimate of drug-likeness (QED) is 0.642. The van der Waals surface area contributed by atoms with Crippen molar-refractivity contribution in [3.05, 3.63) is 69.2 Å². The van der Waals surface area contributed by atoms with Crippen LogP contribution in [0.4, 0.5) is 5.69 Å². The van der Waals surface area contributed by atoms with E-state index in [0.717, 1.165) is 20.8 Å². The second kappa shape index (κ2) is 6.11. The number of halogens is 2. The Kier molecular flexibility index (Phi) is 4.21. The number of benzene rings is 1. The molecule has 0 aliphatic carbocycles. The molecule has 21 heavy (non-hydrogen) atoms. The van der Waals surface area contributed by atoms with Crippen molar-refractivity contribution in [1.29, 1.82) is 0 Å². The van der Waals surface area contributed by atoms with E-state index in [0.29, 0.717) is 5.02 Å². The third-order valence-corrected chi connectivity index (χ3v) is 4.16. The highest BCUT2D eigenvalue weighted by atomic mass is 127. The standard InChI is InChI=1S/C15H13ClIN3O/c1-20-7-6-18-15(20)14(13-3-2-8-21-13)19-12-5-4-10(17)9-11(12)16/h2-9,14,19H,1H3. The minimum absolute atomic E-state index is 0.197. The van der Waals surface area contributed by atoms with Crippen LogP contribution in [0.15, 0.2) is 53.4 Å². The third kappa shape index (κ3) is 3.08. The van der Waals surface area contributed by atoms with Gasteiger partial charge in [-0.2, -0.15) is 0 Å². The second-order valence-electron chi connectivity index (χ2n) is 4.61. The molecule has 0 bridgehead atoms. The van der Waals surface area contributed by atoms with E-state index in [1.165, 1.54) is 0 Å². The molecule has 4 nitrogen and oxygen atoms in total. The highest BCUT2D eigenvalue weighted by Crippen LogP contribution is 2.30. The number of aromatic nitrogens is 2. The van der Waals surface area contributed by atoms with E-state index >= 15 is 0 Å². The van der Waals surface area contributed by atoms with Crippen molar-refractivity contribution in [3.63, 3.8) is 0 Å². The molecule has 3 aromatic rings. The molecule has 108 valence electrons. The van der Waals surface area contributed by atoms with E-state index in [9.17, 15) is 0 Å². The van der Waals surface area contributed by atoms with Crippen molar-refractivity contribution in [3.8, 4) is 0 Å². The number of nitrogens with one attached hydrogen (secondary N) is 1. The van der Waals surface area contributed by atoms with Crippen LogP contribution in [0, 0.1) is 3.57 Å². The number of hydrogen-bond acceptors (Lipinski definition) is 3. The Morgan fingerprint density at radius 1 is 1.38 bits per heavy atom. The number of hydrogen-bond donors (Lipinski definition) is 1. The Morgan fingerprint density at radius 2 is 2.24 bits per heavy atom. The molecule has 2 heterocycles. The number of nitrogens with zero attached hydrogens (tertiary/aromatic N) is 2. The van der Waals surface area contributed by atoms with Gasteiger partial charge < -0.3 is 14.3 Å². The molecule has 0 spiro atoms. The van der Waals surface area contributed by atoms with Gasteiger partial charge in [0.2, 0.25) is 0 Å². The summed E-state index contributed by atoms with van der Waals surface area (Å²) in [6.07, 6.45) is 5.33. The van der Waals surface area contributed by atoms with Gasteiger partial charge in [-0.3, -0.25) is 0 Å². The van der Waals surface area contributed by atoms with Crippen LogP contribution in [0.2, 0.25) is 5.02 Å². The fraction of sp³-hybridized carbons (Fsp3) is 0.133. The molecule has 6 heteroatoms. The molecule has 0 saturated carbocycles. The zero-order valence-electron chi connectivity index (χ0n) is 11.3. The van der Waals surface area contributed by atoms with Gasteiger partial charge in [-0.15, -0.1) is 0 Å². The fourth-order valence-corrected chi connectivity index (χ4v) is 3.05. The average molecular weight is 414 g/mol. The Morgan fingerprint density at radius 3 is 2.86 bits per heavy atom. The molecule has 3 rings (SSSR count). The first-order valence-corrected chi connectivity index (χ1v) is 7.83. The summed E-state index contributed by atoms with van der Waals surface area (Å²) in [7, 11) is 1.95. The summed E-state index contributed by atoms with van der Waals surface area (Å²) in [6, 6.07) is 9.48. The summed E-state index contributed by atoms with van der Waals surface area (Å²) in [6.45, 7) is 0. The van der Waals surface area contributed by atoms with Crippen LogP contribution in [0.3, 0.4) is 0 Å². The Hall–Kier alpha value is -1.47. The molecule has 1 unspecified atom stereocenters. The molecule has 0 aliphatic rings. The van der Waals surface area contributed by atoms with Crippen LogP contribution in [0.5, 0.6) is 0 Å². The first-order valence-electron chi connectivity index (χ1n) is 6.37. The molecular weight excluding hydrogens is 401 g/mol. The van der Waals surface area contributed by atoms with Gasteiger partial charge in [0.1, 0.15) is 17.6 Å². The Labute approximate surface area is 141 Å². The number of imidazole rings is 1. The summed E-state index contributed by atoms with van der Waals surface area (Å²) in [5.74, 6) is 1.65. The van der Waals surface area contributed by atoms with Crippen LogP contribution in [-0.2, 0) is 7.05 Å². The minimum Gasteiger partial charge on any atom is -0.467 e. The average Bonchev–Trinajstić information content (AvgIpc) is 3.10. The lowest BCUT2D eigenvalue weighted by molar-refractivity contribution is 0.488. The van der Waals surface area contributed by atoms with Gasteiger partial charge in [0.05, 0.1) is 17.0 Å². The topological polar surface area (TPSA) is 43.0 Å².